The summed E-state index contributed by atoms with van der Waals surface area (Å²) < 4.78 is 5.26. The fourth-order valence-electron chi connectivity index (χ4n) is 1.72. The Hall–Kier alpha value is -1.19. The molecule has 3 nitrogen and oxygen atoms in total. The summed E-state index contributed by atoms with van der Waals surface area (Å²) in [5, 5.41) is 1.65. The maximum absolute atomic E-state index is 6.25. The zero-order valence-electron chi connectivity index (χ0n) is 8.51. The Morgan fingerprint density at radius 3 is 2.93 bits per heavy atom. The van der Waals surface area contributed by atoms with Crippen molar-refractivity contribution in [2.75, 3.05) is 13.7 Å². The molecule has 0 spiro atoms. The minimum absolute atomic E-state index is 0.578. The summed E-state index contributed by atoms with van der Waals surface area (Å²) >= 11 is 6.25. The molecule has 0 saturated carbocycles. The number of halogens is 1. The van der Waals surface area contributed by atoms with Gasteiger partial charge in [0.2, 0.25) is 0 Å². The first kappa shape index (κ1) is 10.3. The van der Waals surface area contributed by atoms with Gasteiger partial charge in [0.15, 0.2) is 0 Å². The predicted molar refractivity (Wildman–Crippen MR) is 62.6 cm³/mol. The third-order valence-electron chi connectivity index (χ3n) is 2.41. The number of nitrogens with one attached hydrogen (secondary N) is 1. The number of H-pyrrole nitrogens is 1. The highest BCUT2D eigenvalue weighted by atomic mass is 35.5. The molecular formula is C11H13ClN2O. The fraction of sp³-hybridized carbons (Fsp3) is 0.273. The molecule has 80 valence electrons. The average molecular weight is 225 g/mol. The number of nitrogens with two attached hydrogens (primary N) is 1. The van der Waals surface area contributed by atoms with E-state index in [1.165, 1.54) is 0 Å². The van der Waals surface area contributed by atoms with E-state index in [4.69, 9.17) is 22.1 Å². The van der Waals surface area contributed by atoms with Gasteiger partial charge in [0.1, 0.15) is 5.75 Å². The van der Waals surface area contributed by atoms with Gasteiger partial charge in [0.25, 0.3) is 0 Å². The standard InChI is InChI=1S/C11H13ClN2O/c1-15-9-4-2-3-7-10(9)11(12)8(14-7)5-6-13/h2-4,14H,5-6,13H2,1H3. The molecule has 0 aliphatic rings. The second kappa shape index (κ2) is 4.13. The van der Waals surface area contributed by atoms with Gasteiger partial charge in [-0.3, -0.25) is 0 Å². The SMILES string of the molecule is COc1cccc2[nH]c(CCN)c(Cl)c12. The van der Waals surface area contributed by atoms with Crippen LogP contribution in [0.4, 0.5) is 0 Å². The van der Waals surface area contributed by atoms with Gasteiger partial charge in [-0.15, -0.1) is 0 Å². The van der Waals surface area contributed by atoms with E-state index >= 15 is 0 Å². The van der Waals surface area contributed by atoms with E-state index in [0.717, 1.165) is 28.8 Å². The van der Waals surface area contributed by atoms with E-state index in [9.17, 15) is 0 Å². The summed E-state index contributed by atoms with van der Waals surface area (Å²) in [5.74, 6) is 0.789. The second-order valence-corrected chi connectivity index (χ2v) is 3.72. The maximum atomic E-state index is 6.25. The first-order valence-electron chi connectivity index (χ1n) is 4.81. The zero-order valence-corrected chi connectivity index (χ0v) is 9.27. The van der Waals surface area contributed by atoms with E-state index < -0.39 is 0 Å². The topological polar surface area (TPSA) is 51.0 Å². The number of ether oxygens (including phenoxy) is 1. The Morgan fingerprint density at radius 1 is 1.47 bits per heavy atom. The summed E-state index contributed by atoms with van der Waals surface area (Å²) in [6, 6.07) is 5.80. The molecule has 0 aliphatic heterocycles. The lowest BCUT2D eigenvalue weighted by Gasteiger charge is -2.00. The van der Waals surface area contributed by atoms with Gasteiger partial charge in [-0.25, -0.2) is 0 Å². The quantitative estimate of drug-likeness (QED) is 0.841. The lowest BCUT2D eigenvalue weighted by atomic mass is 10.2. The van der Waals surface area contributed by atoms with E-state index in [0.29, 0.717) is 11.6 Å². The van der Waals surface area contributed by atoms with Gasteiger partial charge in [-0.2, -0.15) is 0 Å². The molecule has 0 amide bonds. The molecule has 0 saturated heterocycles. The highest BCUT2D eigenvalue weighted by Gasteiger charge is 2.12. The largest absolute Gasteiger partial charge is 0.496 e. The molecule has 2 aromatic rings. The molecule has 0 aliphatic carbocycles. The van der Waals surface area contributed by atoms with Crippen molar-refractivity contribution in [3.8, 4) is 5.75 Å². The van der Waals surface area contributed by atoms with E-state index in [1.54, 1.807) is 7.11 Å². The number of aromatic nitrogens is 1. The minimum atomic E-state index is 0.578. The van der Waals surface area contributed by atoms with Crippen molar-refractivity contribution in [2.45, 2.75) is 6.42 Å². The molecule has 15 heavy (non-hydrogen) atoms. The van der Waals surface area contributed by atoms with Crippen molar-refractivity contribution in [3.63, 3.8) is 0 Å². The second-order valence-electron chi connectivity index (χ2n) is 3.34. The van der Waals surface area contributed by atoms with Crippen molar-refractivity contribution in [1.82, 2.24) is 4.98 Å². The fourth-order valence-corrected chi connectivity index (χ4v) is 2.05. The third kappa shape index (κ3) is 1.68. The molecule has 3 N–H and O–H groups in total. The summed E-state index contributed by atoms with van der Waals surface area (Å²) in [7, 11) is 1.64. The lowest BCUT2D eigenvalue weighted by Crippen LogP contribution is -2.02. The summed E-state index contributed by atoms with van der Waals surface area (Å²) in [4.78, 5) is 3.25. The van der Waals surface area contributed by atoms with Crippen LogP contribution < -0.4 is 10.5 Å². The van der Waals surface area contributed by atoms with Crippen LogP contribution in [0.3, 0.4) is 0 Å². The van der Waals surface area contributed by atoms with Gasteiger partial charge in [-0.05, 0) is 18.7 Å². The monoisotopic (exact) mass is 224 g/mol. The zero-order chi connectivity index (χ0) is 10.8. The third-order valence-corrected chi connectivity index (χ3v) is 2.83. The van der Waals surface area contributed by atoms with E-state index in [2.05, 4.69) is 4.98 Å². The average Bonchev–Trinajstić information content (AvgIpc) is 2.57. The van der Waals surface area contributed by atoms with Crippen LogP contribution in [0.15, 0.2) is 18.2 Å². The van der Waals surface area contributed by atoms with Crippen LogP contribution in [0, 0.1) is 0 Å². The molecule has 2 rings (SSSR count). The first-order valence-corrected chi connectivity index (χ1v) is 5.19. The summed E-state index contributed by atoms with van der Waals surface area (Å²) in [6.07, 6.45) is 0.747. The van der Waals surface area contributed by atoms with E-state index in [1.807, 2.05) is 18.2 Å². The number of fused-ring (bicyclic) bond motifs is 1. The molecule has 1 heterocycles. The smallest absolute Gasteiger partial charge is 0.129 e. The van der Waals surface area contributed by atoms with Crippen LogP contribution in [0.5, 0.6) is 5.75 Å². The van der Waals surface area contributed by atoms with Crippen LogP contribution in [-0.4, -0.2) is 18.6 Å². The predicted octanol–water partition coefficient (Wildman–Crippen LogP) is 2.33. The first-order chi connectivity index (χ1) is 7.27. The molecule has 0 bridgehead atoms. The van der Waals surface area contributed by atoms with Crippen LogP contribution >= 0.6 is 11.6 Å². The van der Waals surface area contributed by atoms with Crippen LogP contribution in [-0.2, 0) is 6.42 Å². The highest BCUT2D eigenvalue weighted by Crippen LogP contribution is 2.34. The van der Waals surface area contributed by atoms with Crippen molar-refractivity contribution in [2.24, 2.45) is 5.73 Å². The summed E-state index contributed by atoms with van der Waals surface area (Å²) in [5.41, 5.74) is 7.47. The summed E-state index contributed by atoms with van der Waals surface area (Å²) in [6.45, 7) is 0.578. The van der Waals surface area contributed by atoms with Crippen LogP contribution in [0.25, 0.3) is 10.9 Å². The van der Waals surface area contributed by atoms with Gasteiger partial charge in [-0.1, -0.05) is 17.7 Å². The van der Waals surface area contributed by atoms with Crippen LogP contribution in [0.1, 0.15) is 5.69 Å². The van der Waals surface area contributed by atoms with Crippen molar-refractivity contribution >= 4 is 22.5 Å². The number of hydrogen-bond donors (Lipinski definition) is 2. The molecule has 1 aromatic carbocycles. The van der Waals surface area contributed by atoms with Crippen molar-refractivity contribution < 1.29 is 4.74 Å². The Kier molecular flexibility index (Phi) is 2.84. The lowest BCUT2D eigenvalue weighted by molar-refractivity contribution is 0.420. The van der Waals surface area contributed by atoms with Gasteiger partial charge >= 0.3 is 0 Å². The van der Waals surface area contributed by atoms with Gasteiger partial charge in [0.05, 0.1) is 23.0 Å². The molecule has 4 heteroatoms. The normalized spacial score (nSPS) is 10.9. The van der Waals surface area contributed by atoms with Gasteiger partial charge < -0.3 is 15.5 Å². The molecule has 0 fully saturated rings. The van der Waals surface area contributed by atoms with Crippen molar-refractivity contribution in [1.29, 1.82) is 0 Å². The molecule has 1 aromatic heterocycles. The minimum Gasteiger partial charge on any atom is -0.496 e. The number of hydrogen-bond acceptors (Lipinski definition) is 2. The van der Waals surface area contributed by atoms with E-state index in [-0.39, 0.29) is 0 Å². The Morgan fingerprint density at radius 2 is 2.27 bits per heavy atom. The number of rotatable bonds is 3. The number of aromatic amines is 1. The number of methoxy groups -OCH3 is 1. The Labute approximate surface area is 93.2 Å². The van der Waals surface area contributed by atoms with Crippen molar-refractivity contribution in [3.05, 3.63) is 28.9 Å². The highest BCUT2D eigenvalue weighted by molar-refractivity contribution is 6.37. The Bertz CT molecular complexity index is 479. The molecule has 0 radical (unpaired) electrons. The maximum Gasteiger partial charge on any atom is 0.129 e. The Balaban J connectivity index is 2.65. The van der Waals surface area contributed by atoms with Crippen LogP contribution in [0.2, 0.25) is 5.02 Å². The van der Waals surface area contributed by atoms with Gasteiger partial charge in [0, 0.05) is 12.1 Å². The molecule has 0 unspecified atom stereocenters. The molecular weight excluding hydrogens is 212 g/mol. The molecule has 0 atom stereocenters. The number of benzene rings is 1.